The monoisotopic (exact) mass is 306 g/mol. The lowest BCUT2D eigenvalue weighted by molar-refractivity contribution is -0.113. The van der Waals surface area contributed by atoms with Crippen molar-refractivity contribution in [2.24, 2.45) is 0 Å². The van der Waals surface area contributed by atoms with Crippen molar-refractivity contribution in [3.05, 3.63) is 22.3 Å². The van der Waals surface area contributed by atoms with Crippen LogP contribution < -0.4 is 0 Å². The molecule has 0 atom stereocenters. The molecule has 0 bridgehead atoms. The minimum absolute atomic E-state index is 0.100. The summed E-state index contributed by atoms with van der Waals surface area (Å²) in [4.78, 5) is 12.4. The quantitative estimate of drug-likeness (QED) is 0.511. The molecule has 1 rings (SSSR count). The lowest BCUT2D eigenvalue weighted by Crippen LogP contribution is -2.17. The van der Waals surface area contributed by atoms with E-state index in [1.54, 1.807) is 0 Å². The van der Waals surface area contributed by atoms with Crippen molar-refractivity contribution in [2.75, 3.05) is 6.61 Å². The zero-order valence-corrected chi connectivity index (χ0v) is 14.8. The van der Waals surface area contributed by atoms with E-state index in [0.717, 1.165) is 30.4 Å². The van der Waals surface area contributed by atoms with Crippen LogP contribution in [0, 0.1) is 0 Å². The first-order valence-corrected chi connectivity index (χ1v) is 9.14. The average molecular weight is 306 g/mol. The van der Waals surface area contributed by atoms with E-state index < -0.39 is 0 Å². The van der Waals surface area contributed by atoms with Crippen LogP contribution in [0.15, 0.2) is 22.3 Å². The number of hydrogen-bond acceptors (Lipinski definition) is 2. The van der Waals surface area contributed by atoms with Gasteiger partial charge in [0.25, 0.3) is 0 Å². The number of rotatable bonds is 11. The largest absolute Gasteiger partial charge is 0.392 e. The molecule has 0 aromatic rings. The molecule has 126 valence electrons. The second-order valence-electron chi connectivity index (χ2n) is 6.76. The van der Waals surface area contributed by atoms with Crippen LogP contribution in [-0.4, -0.2) is 17.5 Å². The van der Waals surface area contributed by atoms with Gasteiger partial charge in [0.1, 0.15) is 0 Å². The second kappa shape index (κ2) is 10.8. The van der Waals surface area contributed by atoms with Gasteiger partial charge in [0.2, 0.25) is 0 Å². The van der Waals surface area contributed by atoms with Gasteiger partial charge in [-0.15, -0.1) is 0 Å². The van der Waals surface area contributed by atoms with Gasteiger partial charge in [-0.05, 0) is 38.7 Å². The standard InChI is InChI=1S/C20H34O2/c1-4-5-6-7-8-9-10-11-12-13-18-16(2)14-17(3)19(15-21)20(18)22/h21H,4-15H2,1-3H3. The summed E-state index contributed by atoms with van der Waals surface area (Å²) in [5.74, 6) is 0.100. The van der Waals surface area contributed by atoms with Crippen LogP contribution in [0.3, 0.4) is 0 Å². The summed E-state index contributed by atoms with van der Waals surface area (Å²) in [6, 6.07) is 0. The number of carbonyl (C=O) groups excluding carboxylic acids is 1. The maximum absolute atomic E-state index is 12.4. The summed E-state index contributed by atoms with van der Waals surface area (Å²) >= 11 is 0. The van der Waals surface area contributed by atoms with Crippen LogP contribution in [0.25, 0.3) is 0 Å². The van der Waals surface area contributed by atoms with Gasteiger partial charge in [0, 0.05) is 5.57 Å². The van der Waals surface area contributed by atoms with Crippen molar-refractivity contribution in [2.45, 2.75) is 91.4 Å². The third-order valence-corrected chi connectivity index (χ3v) is 4.80. The molecule has 22 heavy (non-hydrogen) atoms. The minimum Gasteiger partial charge on any atom is -0.392 e. The van der Waals surface area contributed by atoms with Crippen molar-refractivity contribution < 1.29 is 9.90 Å². The van der Waals surface area contributed by atoms with E-state index in [0.29, 0.717) is 5.57 Å². The summed E-state index contributed by atoms with van der Waals surface area (Å²) in [7, 11) is 0. The van der Waals surface area contributed by atoms with Gasteiger partial charge in [-0.3, -0.25) is 4.79 Å². The highest BCUT2D eigenvalue weighted by Crippen LogP contribution is 2.29. The Morgan fingerprint density at radius 1 is 0.818 bits per heavy atom. The molecule has 0 unspecified atom stereocenters. The van der Waals surface area contributed by atoms with Crippen molar-refractivity contribution in [3.8, 4) is 0 Å². The van der Waals surface area contributed by atoms with Crippen LogP contribution in [0.2, 0.25) is 0 Å². The fraction of sp³-hybridized carbons (Fsp3) is 0.750. The number of allylic oxidation sites excluding steroid dienone is 3. The maximum atomic E-state index is 12.4. The highest BCUT2D eigenvalue weighted by molar-refractivity contribution is 6.10. The Hall–Kier alpha value is -0.890. The van der Waals surface area contributed by atoms with Gasteiger partial charge in [-0.2, -0.15) is 0 Å². The summed E-state index contributed by atoms with van der Waals surface area (Å²) in [6.07, 6.45) is 13.5. The van der Waals surface area contributed by atoms with E-state index in [2.05, 4.69) is 13.8 Å². The Morgan fingerprint density at radius 2 is 1.32 bits per heavy atom. The smallest absolute Gasteiger partial charge is 0.187 e. The topological polar surface area (TPSA) is 37.3 Å². The van der Waals surface area contributed by atoms with Crippen LogP contribution in [0.4, 0.5) is 0 Å². The first-order chi connectivity index (χ1) is 10.6. The first-order valence-electron chi connectivity index (χ1n) is 9.14. The fourth-order valence-corrected chi connectivity index (χ4v) is 3.33. The Morgan fingerprint density at radius 3 is 1.86 bits per heavy atom. The summed E-state index contributed by atoms with van der Waals surface area (Å²) in [5, 5.41) is 9.36. The molecule has 2 nitrogen and oxygen atoms in total. The van der Waals surface area contributed by atoms with Crippen molar-refractivity contribution in [3.63, 3.8) is 0 Å². The molecule has 1 aliphatic rings. The average Bonchev–Trinajstić information content (AvgIpc) is 2.48. The van der Waals surface area contributed by atoms with Crippen LogP contribution >= 0.6 is 0 Å². The van der Waals surface area contributed by atoms with E-state index in [9.17, 15) is 9.90 Å². The van der Waals surface area contributed by atoms with Gasteiger partial charge in [0.15, 0.2) is 5.78 Å². The molecule has 0 aromatic heterocycles. The number of ketones is 1. The molecular formula is C20H34O2. The number of unbranched alkanes of at least 4 members (excludes halogenated alkanes) is 8. The lowest BCUT2D eigenvalue weighted by Gasteiger charge is -2.20. The third kappa shape index (κ3) is 6.08. The van der Waals surface area contributed by atoms with Crippen molar-refractivity contribution in [1.82, 2.24) is 0 Å². The molecule has 0 radical (unpaired) electrons. The first kappa shape index (κ1) is 19.2. The summed E-state index contributed by atoms with van der Waals surface area (Å²) < 4.78 is 0. The van der Waals surface area contributed by atoms with E-state index >= 15 is 0 Å². The van der Waals surface area contributed by atoms with E-state index in [1.807, 2.05) is 6.92 Å². The Labute approximate surface area is 136 Å². The van der Waals surface area contributed by atoms with Gasteiger partial charge >= 0.3 is 0 Å². The molecular weight excluding hydrogens is 272 g/mol. The van der Waals surface area contributed by atoms with Crippen molar-refractivity contribution >= 4 is 5.78 Å². The highest BCUT2D eigenvalue weighted by Gasteiger charge is 2.23. The van der Waals surface area contributed by atoms with Gasteiger partial charge in [0.05, 0.1) is 6.61 Å². The zero-order chi connectivity index (χ0) is 16.4. The summed E-state index contributed by atoms with van der Waals surface area (Å²) in [5.41, 5.74) is 3.86. The fourth-order valence-electron chi connectivity index (χ4n) is 3.33. The van der Waals surface area contributed by atoms with Crippen LogP contribution in [0.1, 0.15) is 91.4 Å². The molecule has 0 saturated carbocycles. The molecule has 0 saturated heterocycles. The Bertz CT molecular complexity index is 415. The van der Waals surface area contributed by atoms with Gasteiger partial charge in [-0.1, -0.05) is 69.4 Å². The third-order valence-electron chi connectivity index (χ3n) is 4.80. The second-order valence-corrected chi connectivity index (χ2v) is 6.76. The molecule has 0 amide bonds. The maximum Gasteiger partial charge on any atom is 0.187 e. The molecule has 0 aromatic carbocycles. The lowest BCUT2D eigenvalue weighted by atomic mass is 9.84. The number of hydrogen-bond donors (Lipinski definition) is 1. The molecule has 0 spiro atoms. The van der Waals surface area contributed by atoms with Crippen molar-refractivity contribution in [1.29, 1.82) is 0 Å². The van der Waals surface area contributed by atoms with Gasteiger partial charge < -0.3 is 5.11 Å². The molecule has 0 aliphatic heterocycles. The number of Topliss-reactive ketones (excluding diaryl/α,β-unsaturated/α-hetero) is 1. The van der Waals surface area contributed by atoms with Crippen LogP contribution in [-0.2, 0) is 4.79 Å². The molecule has 2 heteroatoms. The predicted octanol–water partition coefficient (Wildman–Crippen LogP) is 5.51. The predicted molar refractivity (Wildman–Crippen MR) is 94.0 cm³/mol. The SMILES string of the molecule is CCCCCCCCCCCC1=C(C)CC(C)=C(CO)C1=O. The summed E-state index contributed by atoms with van der Waals surface area (Å²) in [6.45, 7) is 6.17. The molecule has 0 fully saturated rings. The molecule has 1 aliphatic carbocycles. The molecule has 0 heterocycles. The normalized spacial score (nSPS) is 15.9. The number of aliphatic hydroxyl groups is 1. The highest BCUT2D eigenvalue weighted by atomic mass is 16.3. The van der Waals surface area contributed by atoms with E-state index in [1.165, 1.54) is 56.9 Å². The van der Waals surface area contributed by atoms with Crippen LogP contribution in [0.5, 0.6) is 0 Å². The molecule has 1 N–H and O–H groups in total. The Balaban J connectivity index is 2.22. The van der Waals surface area contributed by atoms with E-state index in [-0.39, 0.29) is 12.4 Å². The Kier molecular flexibility index (Phi) is 9.38. The minimum atomic E-state index is -0.112. The van der Waals surface area contributed by atoms with Gasteiger partial charge in [-0.25, -0.2) is 0 Å². The number of aliphatic hydroxyl groups excluding tert-OH is 1. The van der Waals surface area contributed by atoms with E-state index in [4.69, 9.17) is 0 Å². The zero-order valence-electron chi connectivity index (χ0n) is 14.8. The number of carbonyl (C=O) groups is 1.